The molecule has 19 heavy (non-hydrogen) atoms. The Morgan fingerprint density at radius 2 is 2.00 bits per heavy atom. The van der Waals surface area contributed by atoms with Gasteiger partial charge in [0.15, 0.2) is 0 Å². The van der Waals surface area contributed by atoms with Crippen molar-refractivity contribution in [1.82, 2.24) is 5.32 Å². The molecule has 3 heteroatoms. The van der Waals surface area contributed by atoms with Gasteiger partial charge in [0.05, 0.1) is 0 Å². The van der Waals surface area contributed by atoms with E-state index in [1.807, 2.05) is 19.1 Å². The van der Waals surface area contributed by atoms with Crippen molar-refractivity contribution in [1.29, 1.82) is 0 Å². The Labute approximate surface area is 116 Å². The molecule has 1 atom stereocenters. The van der Waals surface area contributed by atoms with Crippen LogP contribution in [0.25, 0.3) is 0 Å². The molecule has 0 spiro atoms. The lowest BCUT2D eigenvalue weighted by molar-refractivity contribution is 0.124. The lowest BCUT2D eigenvalue weighted by atomic mass is 10.0. The van der Waals surface area contributed by atoms with Crippen LogP contribution >= 0.6 is 0 Å². The number of rotatable bonds is 9. The molecule has 0 radical (unpaired) electrons. The summed E-state index contributed by atoms with van der Waals surface area (Å²) in [5.74, 6) is -0.130. The van der Waals surface area contributed by atoms with E-state index < -0.39 is 0 Å². The van der Waals surface area contributed by atoms with E-state index >= 15 is 0 Å². The third kappa shape index (κ3) is 5.70. The zero-order chi connectivity index (χ0) is 14.1. The molecule has 0 saturated carbocycles. The topological polar surface area (TPSA) is 21.3 Å². The normalized spacial score (nSPS) is 12.6. The van der Waals surface area contributed by atoms with Crippen LogP contribution in [-0.4, -0.2) is 19.8 Å². The Morgan fingerprint density at radius 1 is 1.21 bits per heavy atom. The fourth-order valence-corrected chi connectivity index (χ4v) is 2.06. The fourth-order valence-electron chi connectivity index (χ4n) is 2.06. The Hall–Kier alpha value is -0.930. The van der Waals surface area contributed by atoms with Gasteiger partial charge in [-0.2, -0.15) is 0 Å². The van der Waals surface area contributed by atoms with Crippen molar-refractivity contribution in [3.8, 4) is 0 Å². The van der Waals surface area contributed by atoms with Crippen LogP contribution in [0.15, 0.2) is 18.2 Å². The zero-order valence-electron chi connectivity index (χ0n) is 12.3. The number of benzene rings is 1. The molecule has 0 heterocycles. The van der Waals surface area contributed by atoms with Crippen molar-refractivity contribution >= 4 is 0 Å². The molecule has 108 valence electrons. The van der Waals surface area contributed by atoms with E-state index in [0.29, 0.717) is 6.61 Å². The summed E-state index contributed by atoms with van der Waals surface area (Å²) in [6.07, 6.45) is 2.87. The highest BCUT2D eigenvalue weighted by Gasteiger charge is 2.15. The molecule has 2 nitrogen and oxygen atoms in total. The minimum atomic E-state index is -0.130. The minimum absolute atomic E-state index is 0.0386. The molecule has 1 rings (SSSR count). The van der Waals surface area contributed by atoms with Gasteiger partial charge in [0.2, 0.25) is 0 Å². The van der Waals surface area contributed by atoms with Gasteiger partial charge in [0.25, 0.3) is 0 Å². The van der Waals surface area contributed by atoms with E-state index in [-0.39, 0.29) is 11.9 Å². The van der Waals surface area contributed by atoms with Gasteiger partial charge >= 0.3 is 0 Å². The molecule has 1 aromatic rings. The van der Waals surface area contributed by atoms with E-state index in [2.05, 4.69) is 19.2 Å². The molecule has 1 N–H and O–H groups in total. The second-order valence-electron chi connectivity index (χ2n) is 4.93. The fraction of sp³-hybridized carbons (Fsp3) is 0.625. The Balaban J connectivity index is 2.68. The average Bonchev–Trinajstić information content (AvgIpc) is 2.41. The summed E-state index contributed by atoms with van der Waals surface area (Å²) in [6.45, 7) is 8.54. The van der Waals surface area contributed by atoms with Gasteiger partial charge in [-0.3, -0.25) is 0 Å². The predicted molar refractivity (Wildman–Crippen MR) is 77.9 cm³/mol. The summed E-state index contributed by atoms with van der Waals surface area (Å²) < 4.78 is 19.5. The van der Waals surface area contributed by atoms with Crippen molar-refractivity contribution in [3.63, 3.8) is 0 Å². The second-order valence-corrected chi connectivity index (χ2v) is 4.93. The van der Waals surface area contributed by atoms with Crippen molar-refractivity contribution < 1.29 is 9.13 Å². The molecule has 0 aliphatic rings. The second kappa shape index (κ2) is 9.05. The number of aryl methyl sites for hydroxylation is 1. The summed E-state index contributed by atoms with van der Waals surface area (Å²) in [5.41, 5.74) is 1.85. The summed E-state index contributed by atoms with van der Waals surface area (Å²) in [6, 6.07) is 5.33. The van der Waals surface area contributed by atoms with Crippen molar-refractivity contribution in [3.05, 3.63) is 35.1 Å². The average molecular weight is 267 g/mol. The molecule has 0 bridgehead atoms. The van der Waals surface area contributed by atoms with Gasteiger partial charge in [-0.05, 0) is 38.8 Å². The first-order valence-electron chi connectivity index (χ1n) is 7.26. The molecule has 0 aliphatic heterocycles. The number of halogens is 1. The van der Waals surface area contributed by atoms with Crippen LogP contribution in [0, 0.1) is 12.7 Å². The third-order valence-corrected chi connectivity index (χ3v) is 3.07. The van der Waals surface area contributed by atoms with Crippen LogP contribution in [0.2, 0.25) is 0 Å². The molecule has 0 saturated heterocycles. The SMILES string of the molecule is CCCNC(CCOCCC)c1cc(C)ccc1F. The maximum Gasteiger partial charge on any atom is 0.127 e. The monoisotopic (exact) mass is 267 g/mol. The number of ether oxygens (including phenoxy) is 1. The minimum Gasteiger partial charge on any atom is -0.381 e. The van der Waals surface area contributed by atoms with E-state index in [1.54, 1.807) is 6.07 Å². The van der Waals surface area contributed by atoms with Gasteiger partial charge in [-0.15, -0.1) is 0 Å². The third-order valence-electron chi connectivity index (χ3n) is 3.07. The smallest absolute Gasteiger partial charge is 0.127 e. The highest BCUT2D eigenvalue weighted by molar-refractivity contribution is 5.26. The Kier molecular flexibility index (Phi) is 7.68. The Bertz CT molecular complexity index is 368. The van der Waals surface area contributed by atoms with Gasteiger partial charge in [-0.25, -0.2) is 4.39 Å². The molecule has 1 unspecified atom stereocenters. The molecule has 0 aromatic heterocycles. The maximum absolute atomic E-state index is 13.9. The first kappa shape index (κ1) is 16.1. The molecule has 0 aliphatic carbocycles. The van der Waals surface area contributed by atoms with Gasteiger partial charge < -0.3 is 10.1 Å². The summed E-state index contributed by atoms with van der Waals surface area (Å²) >= 11 is 0. The largest absolute Gasteiger partial charge is 0.381 e. The van der Waals surface area contributed by atoms with Crippen LogP contribution in [-0.2, 0) is 4.74 Å². The highest BCUT2D eigenvalue weighted by atomic mass is 19.1. The standard InChI is InChI=1S/C16H26FNO/c1-4-9-18-16(8-11-19-10-5-2)14-12-13(3)6-7-15(14)17/h6-7,12,16,18H,4-5,8-11H2,1-3H3. The van der Waals surface area contributed by atoms with E-state index in [9.17, 15) is 4.39 Å². The van der Waals surface area contributed by atoms with Gasteiger partial charge in [0.1, 0.15) is 5.82 Å². The van der Waals surface area contributed by atoms with Crippen LogP contribution in [0.1, 0.15) is 50.3 Å². The van der Waals surface area contributed by atoms with Crippen LogP contribution < -0.4 is 5.32 Å². The predicted octanol–water partition coefficient (Wildman–Crippen LogP) is 3.99. The van der Waals surface area contributed by atoms with Crippen LogP contribution in [0.5, 0.6) is 0 Å². The molecule has 0 fully saturated rings. The summed E-state index contributed by atoms with van der Waals surface area (Å²) in [5, 5.41) is 3.41. The van der Waals surface area contributed by atoms with E-state index in [4.69, 9.17) is 4.74 Å². The molecule has 0 amide bonds. The first-order valence-corrected chi connectivity index (χ1v) is 7.26. The number of hydrogen-bond acceptors (Lipinski definition) is 2. The van der Waals surface area contributed by atoms with Crippen LogP contribution in [0.4, 0.5) is 4.39 Å². The van der Waals surface area contributed by atoms with Gasteiger partial charge in [0, 0.05) is 24.8 Å². The maximum atomic E-state index is 13.9. The number of nitrogens with one attached hydrogen (secondary N) is 1. The first-order chi connectivity index (χ1) is 9.19. The molecule has 1 aromatic carbocycles. The van der Waals surface area contributed by atoms with E-state index in [0.717, 1.165) is 43.5 Å². The summed E-state index contributed by atoms with van der Waals surface area (Å²) in [4.78, 5) is 0. The van der Waals surface area contributed by atoms with Crippen LogP contribution in [0.3, 0.4) is 0 Å². The lowest BCUT2D eigenvalue weighted by Crippen LogP contribution is -2.24. The highest BCUT2D eigenvalue weighted by Crippen LogP contribution is 2.21. The van der Waals surface area contributed by atoms with Gasteiger partial charge in [-0.1, -0.05) is 31.5 Å². The quantitative estimate of drug-likeness (QED) is 0.683. The van der Waals surface area contributed by atoms with Crippen molar-refractivity contribution in [2.75, 3.05) is 19.8 Å². The van der Waals surface area contributed by atoms with Crippen molar-refractivity contribution in [2.24, 2.45) is 0 Å². The molecular weight excluding hydrogens is 241 g/mol. The molecular formula is C16H26FNO. The summed E-state index contributed by atoms with van der Waals surface area (Å²) in [7, 11) is 0. The van der Waals surface area contributed by atoms with E-state index in [1.165, 1.54) is 0 Å². The number of hydrogen-bond donors (Lipinski definition) is 1. The zero-order valence-corrected chi connectivity index (χ0v) is 12.3. The Morgan fingerprint density at radius 3 is 2.68 bits per heavy atom. The van der Waals surface area contributed by atoms with Crippen molar-refractivity contribution in [2.45, 2.75) is 46.1 Å². The lowest BCUT2D eigenvalue weighted by Gasteiger charge is -2.20.